The monoisotopic (exact) mass is 207 g/mol. The van der Waals surface area contributed by atoms with Gasteiger partial charge in [-0.2, -0.15) is 0 Å². The minimum Gasteiger partial charge on any atom is -0.480 e. The largest absolute Gasteiger partial charge is 0.480 e. The number of hydrogen-bond acceptors (Lipinski definition) is 3. The first-order valence-corrected chi connectivity index (χ1v) is 5.24. The summed E-state index contributed by atoms with van der Waals surface area (Å²) in [6, 6.07) is 7.17. The maximum absolute atomic E-state index is 10.7. The lowest BCUT2D eigenvalue weighted by atomic mass is 10.2. The van der Waals surface area contributed by atoms with Gasteiger partial charge in [0.05, 0.1) is 0 Å². The Hall–Kier alpha value is -1.29. The number of hydrogen-bond donors (Lipinski definition) is 1. The third-order valence-corrected chi connectivity index (χ3v) is 3.16. The fraction of sp³-hybridized carbons (Fsp3) is 0.200. The average molecular weight is 207 g/mol. The summed E-state index contributed by atoms with van der Waals surface area (Å²) in [6.07, 6.45) is 1.65. The van der Waals surface area contributed by atoms with E-state index in [9.17, 15) is 4.79 Å². The minimum atomic E-state index is -0.860. The second kappa shape index (κ2) is 3.84. The van der Waals surface area contributed by atoms with Crippen LogP contribution in [-0.4, -0.2) is 29.1 Å². The standard InChI is InChI=1S/C10H9NO2S/c12-10(13)8-6-14-9-4-2-1-3-7(9)5-11-8/h1-5,8H,6H2,(H,12,13). The number of benzene rings is 1. The van der Waals surface area contributed by atoms with Crippen LogP contribution in [0.5, 0.6) is 0 Å². The van der Waals surface area contributed by atoms with Gasteiger partial charge in [0, 0.05) is 22.4 Å². The highest BCUT2D eigenvalue weighted by Crippen LogP contribution is 2.25. The molecule has 1 atom stereocenters. The maximum Gasteiger partial charge on any atom is 0.329 e. The Kier molecular flexibility index (Phi) is 2.54. The van der Waals surface area contributed by atoms with Crippen molar-refractivity contribution in [1.29, 1.82) is 0 Å². The highest BCUT2D eigenvalue weighted by molar-refractivity contribution is 7.99. The SMILES string of the molecule is O=C(O)C1CSc2ccccc2C=N1. The van der Waals surface area contributed by atoms with E-state index in [4.69, 9.17) is 5.11 Å². The average Bonchev–Trinajstić information content (AvgIpc) is 2.39. The molecule has 0 spiro atoms. The van der Waals surface area contributed by atoms with Crippen LogP contribution in [0.2, 0.25) is 0 Å². The van der Waals surface area contributed by atoms with E-state index in [0.717, 1.165) is 10.5 Å². The van der Waals surface area contributed by atoms with Gasteiger partial charge in [0.1, 0.15) is 0 Å². The van der Waals surface area contributed by atoms with E-state index >= 15 is 0 Å². The summed E-state index contributed by atoms with van der Waals surface area (Å²) in [6.45, 7) is 0. The van der Waals surface area contributed by atoms with Crippen molar-refractivity contribution in [2.45, 2.75) is 10.9 Å². The topological polar surface area (TPSA) is 49.7 Å². The molecule has 3 nitrogen and oxygen atoms in total. The van der Waals surface area contributed by atoms with Crippen molar-refractivity contribution < 1.29 is 9.90 Å². The molecule has 0 amide bonds. The van der Waals surface area contributed by atoms with Crippen LogP contribution in [0.4, 0.5) is 0 Å². The number of thioether (sulfide) groups is 1. The van der Waals surface area contributed by atoms with Crippen molar-refractivity contribution in [2.75, 3.05) is 5.75 Å². The van der Waals surface area contributed by atoms with Crippen LogP contribution in [0.1, 0.15) is 5.56 Å². The van der Waals surface area contributed by atoms with Gasteiger partial charge in [0.25, 0.3) is 0 Å². The van der Waals surface area contributed by atoms with Gasteiger partial charge >= 0.3 is 5.97 Å². The molecule has 0 aromatic heterocycles. The van der Waals surface area contributed by atoms with Crippen molar-refractivity contribution in [3.8, 4) is 0 Å². The van der Waals surface area contributed by atoms with Gasteiger partial charge in [-0.1, -0.05) is 18.2 Å². The molecule has 1 aliphatic heterocycles. The first-order chi connectivity index (χ1) is 6.77. The fourth-order valence-electron chi connectivity index (χ4n) is 1.24. The number of aliphatic imine (C=N–C) groups is 1. The van der Waals surface area contributed by atoms with Crippen molar-refractivity contribution >= 4 is 23.9 Å². The van der Waals surface area contributed by atoms with E-state index in [0.29, 0.717) is 5.75 Å². The van der Waals surface area contributed by atoms with E-state index in [1.54, 1.807) is 18.0 Å². The predicted molar refractivity (Wildman–Crippen MR) is 56.2 cm³/mol. The van der Waals surface area contributed by atoms with Gasteiger partial charge in [0.2, 0.25) is 0 Å². The zero-order chi connectivity index (χ0) is 9.97. The summed E-state index contributed by atoms with van der Waals surface area (Å²) >= 11 is 1.54. The maximum atomic E-state index is 10.7. The molecule has 0 radical (unpaired) electrons. The van der Waals surface area contributed by atoms with E-state index in [2.05, 4.69) is 4.99 Å². The van der Waals surface area contributed by atoms with Crippen LogP contribution >= 0.6 is 11.8 Å². The molecular formula is C10H9NO2S. The van der Waals surface area contributed by atoms with E-state index in [-0.39, 0.29) is 0 Å². The molecule has 0 saturated heterocycles. The Morgan fingerprint density at radius 3 is 3.07 bits per heavy atom. The molecule has 1 heterocycles. The van der Waals surface area contributed by atoms with Crippen LogP contribution in [-0.2, 0) is 4.79 Å². The lowest BCUT2D eigenvalue weighted by Gasteiger charge is -2.03. The predicted octanol–water partition coefficient (Wildman–Crippen LogP) is 1.66. The fourth-order valence-corrected chi connectivity index (χ4v) is 2.26. The number of carboxylic acid groups (broad SMARTS) is 1. The van der Waals surface area contributed by atoms with E-state index in [1.165, 1.54) is 0 Å². The third kappa shape index (κ3) is 1.80. The van der Waals surface area contributed by atoms with Crippen molar-refractivity contribution in [3.05, 3.63) is 29.8 Å². The third-order valence-electron chi connectivity index (χ3n) is 1.99. The summed E-state index contributed by atoms with van der Waals surface area (Å²) in [7, 11) is 0. The second-order valence-electron chi connectivity index (χ2n) is 2.98. The summed E-state index contributed by atoms with van der Waals surface area (Å²) in [4.78, 5) is 15.8. The zero-order valence-corrected chi connectivity index (χ0v) is 8.20. The first-order valence-electron chi connectivity index (χ1n) is 4.25. The summed E-state index contributed by atoms with van der Waals surface area (Å²) < 4.78 is 0. The Morgan fingerprint density at radius 2 is 2.29 bits per heavy atom. The lowest BCUT2D eigenvalue weighted by molar-refractivity contribution is -0.137. The van der Waals surface area contributed by atoms with Crippen LogP contribution in [0, 0.1) is 0 Å². The number of carboxylic acids is 1. The molecule has 0 fully saturated rings. The zero-order valence-electron chi connectivity index (χ0n) is 7.38. The summed E-state index contributed by atoms with van der Waals surface area (Å²) in [5.74, 6) is -0.357. The number of fused-ring (bicyclic) bond motifs is 1. The molecule has 1 aromatic carbocycles. The molecule has 1 unspecified atom stereocenters. The first kappa shape index (κ1) is 9.27. The normalized spacial score (nSPS) is 19.9. The van der Waals surface area contributed by atoms with Gasteiger partial charge in [-0.05, 0) is 6.07 Å². The highest BCUT2D eigenvalue weighted by atomic mass is 32.2. The molecule has 2 rings (SSSR count). The Bertz CT molecular complexity index is 389. The number of aliphatic carboxylic acids is 1. The van der Waals surface area contributed by atoms with Gasteiger partial charge in [-0.3, -0.25) is 4.99 Å². The summed E-state index contributed by atoms with van der Waals surface area (Å²) in [5.41, 5.74) is 1.00. The molecule has 14 heavy (non-hydrogen) atoms. The van der Waals surface area contributed by atoms with E-state index in [1.807, 2.05) is 24.3 Å². The second-order valence-corrected chi connectivity index (χ2v) is 4.04. The molecule has 1 N–H and O–H groups in total. The molecule has 0 bridgehead atoms. The molecule has 0 saturated carbocycles. The highest BCUT2D eigenvalue weighted by Gasteiger charge is 2.18. The number of rotatable bonds is 1. The minimum absolute atomic E-state index is 0.503. The number of nitrogens with zero attached hydrogens (tertiary/aromatic N) is 1. The summed E-state index contributed by atoms with van der Waals surface area (Å²) in [5, 5.41) is 8.82. The molecular weight excluding hydrogens is 198 g/mol. The Morgan fingerprint density at radius 1 is 1.50 bits per heavy atom. The molecule has 1 aromatic rings. The van der Waals surface area contributed by atoms with Crippen LogP contribution in [0.3, 0.4) is 0 Å². The Labute approximate surface area is 85.9 Å². The van der Waals surface area contributed by atoms with Crippen LogP contribution in [0.15, 0.2) is 34.2 Å². The van der Waals surface area contributed by atoms with Crippen LogP contribution in [0.25, 0.3) is 0 Å². The van der Waals surface area contributed by atoms with Crippen molar-refractivity contribution in [2.24, 2.45) is 4.99 Å². The van der Waals surface area contributed by atoms with Gasteiger partial charge in [0.15, 0.2) is 6.04 Å². The Balaban J connectivity index is 2.29. The molecule has 4 heteroatoms. The van der Waals surface area contributed by atoms with Crippen molar-refractivity contribution in [1.82, 2.24) is 0 Å². The quantitative estimate of drug-likeness (QED) is 0.762. The van der Waals surface area contributed by atoms with E-state index < -0.39 is 12.0 Å². The van der Waals surface area contributed by atoms with Crippen molar-refractivity contribution in [3.63, 3.8) is 0 Å². The van der Waals surface area contributed by atoms with Gasteiger partial charge < -0.3 is 5.11 Å². The van der Waals surface area contributed by atoms with Gasteiger partial charge in [-0.15, -0.1) is 11.8 Å². The number of carbonyl (C=O) groups is 1. The molecule has 1 aliphatic rings. The molecule has 72 valence electrons. The van der Waals surface area contributed by atoms with Gasteiger partial charge in [-0.25, -0.2) is 4.79 Å². The smallest absolute Gasteiger partial charge is 0.329 e. The van der Waals surface area contributed by atoms with Crippen LogP contribution < -0.4 is 0 Å². The molecule has 0 aliphatic carbocycles. The lowest BCUT2D eigenvalue weighted by Crippen LogP contribution is -2.19.